The first-order chi connectivity index (χ1) is 12.0. The Morgan fingerprint density at radius 2 is 1.84 bits per heavy atom. The van der Waals surface area contributed by atoms with Gasteiger partial charge in [-0.2, -0.15) is 0 Å². The van der Waals surface area contributed by atoms with E-state index in [1.807, 2.05) is 24.3 Å². The van der Waals surface area contributed by atoms with Crippen molar-refractivity contribution in [1.29, 1.82) is 0 Å². The molecule has 1 amide bonds. The minimum absolute atomic E-state index is 0.192. The molecule has 2 aromatic carbocycles. The average Bonchev–Trinajstić information content (AvgIpc) is 2.60. The lowest BCUT2D eigenvalue weighted by Gasteiger charge is -2.18. The number of methoxy groups -OCH3 is 1. The second-order valence-electron chi connectivity index (χ2n) is 5.58. The van der Waals surface area contributed by atoms with Crippen LogP contribution in [0.1, 0.15) is 30.0 Å². The quantitative estimate of drug-likeness (QED) is 0.771. The Morgan fingerprint density at radius 3 is 2.48 bits per heavy atom. The second kappa shape index (κ2) is 8.82. The van der Waals surface area contributed by atoms with E-state index in [9.17, 15) is 14.0 Å². The third-order valence-electron chi connectivity index (χ3n) is 3.80. The molecule has 5 nitrogen and oxygen atoms in total. The van der Waals surface area contributed by atoms with Gasteiger partial charge in [0.25, 0.3) is 0 Å². The molecule has 0 aliphatic carbocycles. The van der Waals surface area contributed by atoms with E-state index in [1.165, 1.54) is 24.3 Å². The number of halogens is 1. The molecule has 0 saturated heterocycles. The van der Waals surface area contributed by atoms with Crippen LogP contribution in [-0.4, -0.2) is 24.1 Å². The number of aryl methyl sites for hydroxylation is 1. The minimum Gasteiger partial charge on any atom is -0.496 e. The van der Waals surface area contributed by atoms with Crippen LogP contribution in [0.15, 0.2) is 48.5 Å². The van der Waals surface area contributed by atoms with E-state index in [2.05, 4.69) is 5.32 Å². The summed E-state index contributed by atoms with van der Waals surface area (Å²) in [5.41, 5.74) is 1.45. The SMILES string of the molecule is COc1ccccc1CCC(=O)N[C@H](CC(=O)O)c1ccc(F)cc1. The number of hydrogen-bond donors (Lipinski definition) is 2. The van der Waals surface area contributed by atoms with Crippen molar-refractivity contribution in [3.8, 4) is 5.75 Å². The molecule has 0 aliphatic heterocycles. The van der Waals surface area contributed by atoms with Gasteiger partial charge in [0, 0.05) is 6.42 Å². The van der Waals surface area contributed by atoms with E-state index in [0.29, 0.717) is 17.7 Å². The predicted molar refractivity (Wildman–Crippen MR) is 90.9 cm³/mol. The van der Waals surface area contributed by atoms with E-state index >= 15 is 0 Å². The number of carbonyl (C=O) groups is 2. The number of benzene rings is 2. The Kier molecular flexibility index (Phi) is 6.51. The average molecular weight is 345 g/mol. The van der Waals surface area contributed by atoms with Crippen molar-refractivity contribution in [2.45, 2.75) is 25.3 Å². The standard InChI is InChI=1S/C19H20FNO4/c1-25-17-5-3-2-4-14(17)8-11-18(22)21-16(12-19(23)24)13-6-9-15(20)10-7-13/h2-7,9-10,16H,8,11-12H2,1H3,(H,21,22)(H,23,24)/t16-/m1/s1. The number of carbonyl (C=O) groups excluding carboxylic acids is 1. The summed E-state index contributed by atoms with van der Waals surface area (Å²) < 4.78 is 18.3. The first-order valence-electron chi connectivity index (χ1n) is 7.88. The van der Waals surface area contributed by atoms with Crippen LogP contribution in [0.25, 0.3) is 0 Å². The Bertz CT molecular complexity index is 730. The van der Waals surface area contributed by atoms with Gasteiger partial charge in [-0.15, -0.1) is 0 Å². The van der Waals surface area contributed by atoms with Crippen LogP contribution in [0.5, 0.6) is 5.75 Å². The van der Waals surface area contributed by atoms with Gasteiger partial charge in [0.05, 0.1) is 19.6 Å². The zero-order valence-corrected chi connectivity index (χ0v) is 13.9. The monoisotopic (exact) mass is 345 g/mol. The summed E-state index contributed by atoms with van der Waals surface area (Å²) in [7, 11) is 1.57. The number of aliphatic carboxylic acids is 1. The van der Waals surface area contributed by atoms with Crippen molar-refractivity contribution in [3.05, 3.63) is 65.5 Å². The van der Waals surface area contributed by atoms with Gasteiger partial charge in [0.2, 0.25) is 5.91 Å². The third-order valence-corrected chi connectivity index (χ3v) is 3.80. The fourth-order valence-electron chi connectivity index (χ4n) is 2.55. The van der Waals surface area contributed by atoms with Gasteiger partial charge in [-0.1, -0.05) is 30.3 Å². The molecule has 132 valence electrons. The first kappa shape index (κ1) is 18.4. The number of carboxylic acid groups (broad SMARTS) is 1. The highest BCUT2D eigenvalue weighted by Crippen LogP contribution is 2.20. The third kappa shape index (κ3) is 5.60. The fourth-order valence-corrected chi connectivity index (χ4v) is 2.55. The number of carboxylic acids is 1. The summed E-state index contributed by atoms with van der Waals surface area (Å²) in [6, 6.07) is 12.1. The van der Waals surface area contributed by atoms with E-state index < -0.39 is 17.8 Å². The van der Waals surface area contributed by atoms with E-state index in [4.69, 9.17) is 9.84 Å². The lowest BCUT2D eigenvalue weighted by Crippen LogP contribution is -2.30. The van der Waals surface area contributed by atoms with Crippen molar-refractivity contribution >= 4 is 11.9 Å². The highest BCUT2D eigenvalue weighted by Gasteiger charge is 2.18. The Balaban J connectivity index is 2.01. The summed E-state index contributed by atoms with van der Waals surface area (Å²) in [6.07, 6.45) is 0.392. The molecule has 0 spiro atoms. The number of para-hydroxylation sites is 1. The largest absolute Gasteiger partial charge is 0.496 e. The van der Waals surface area contributed by atoms with Crippen molar-refractivity contribution in [3.63, 3.8) is 0 Å². The Hall–Kier alpha value is -2.89. The summed E-state index contributed by atoms with van der Waals surface area (Å²) in [5.74, 6) is -1.03. The lowest BCUT2D eigenvalue weighted by molar-refractivity contribution is -0.137. The van der Waals surface area contributed by atoms with Gasteiger partial charge >= 0.3 is 5.97 Å². The van der Waals surface area contributed by atoms with E-state index in [1.54, 1.807) is 7.11 Å². The molecule has 6 heteroatoms. The maximum absolute atomic E-state index is 13.0. The number of amides is 1. The summed E-state index contributed by atoms with van der Waals surface area (Å²) >= 11 is 0. The molecule has 0 radical (unpaired) electrons. The zero-order chi connectivity index (χ0) is 18.2. The molecule has 0 heterocycles. The summed E-state index contributed by atoms with van der Waals surface area (Å²) in [6.45, 7) is 0. The Labute approximate surface area is 145 Å². The predicted octanol–water partition coefficient (Wildman–Crippen LogP) is 3.10. The van der Waals surface area contributed by atoms with Crippen molar-refractivity contribution in [1.82, 2.24) is 5.32 Å². The molecule has 25 heavy (non-hydrogen) atoms. The van der Waals surface area contributed by atoms with Gasteiger partial charge in [0.15, 0.2) is 0 Å². The van der Waals surface area contributed by atoms with Gasteiger partial charge in [0.1, 0.15) is 11.6 Å². The van der Waals surface area contributed by atoms with Crippen molar-refractivity contribution in [2.75, 3.05) is 7.11 Å². The van der Waals surface area contributed by atoms with Crippen LogP contribution in [0, 0.1) is 5.82 Å². The van der Waals surface area contributed by atoms with Gasteiger partial charge in [-0.3, -0.25) is 9.59 Å². The minimum atomic E-state index is -1.04. The molecule has 0 unspecified atom stereocenters. The molecular formula is C19H20FNO4. The first-order valence-corrected chi connectivity index (χ1v) is 7.88. The van der Waals surface area contributed by atoms with Crippen molar-refractivity contribution < 1.29 is 23.8 Å². The molecular weight excluding hydrogens is 325 g/mol. The maximum Gasteiger partial charge on any atom is 0.305 e. The molecule has 0 fully saturated rings. The number of rotatable bonds is 8. The molecule has 0 bridgehead atoms. The van der Waals surface area contributed by atoms with Crippen LogP contribution in [-0.2, 0) is 16.0 Å². The van der Waals surface area contributed by atoms with Gasteiger partial charge in [-0.25, -0.2) is 4.39 Å². The van der Waals surface area contributed by atoms with Gasteiger partial charge < -0.3 is 15.2 Å². The fraction of sp³-hybridized carbons (Fsp3) is 0.263. The van der Waals surface area contributed by atoms with Crippen molar-refractivity contribution in [2.24, 2.45) is 0 Å². The topological polar surface area (TPSA) is 75.6 Å². The van der Waals surface area contributed by atoms with E-state index in [-0.39, 0.29) is 18.7 Å². The maximum atomic E-state index is 13.0. The van der Waals surface area contributed by atoms with E-state index in [0.717, 1.165) is 5.56 Å². The number of ether oxygens (including phenoxy) is 1. The van der Waals surface area contributed by atoms with Crippen LogP contribution in [0.4, 0.5) is 4.39 Å². The van der Waals surface area contributed by atoms with Crippen LogP contribution in [0.2, 0.25) is 0 Å². The number of nitrogens with one attached hydrogen (secondary N) is 1. The molecule has 0 aliphatic rings. The highest BCUT2D eigenvalue weighted by atomic mass is 19.1. The molecule has 0 saturated carbocycles. The summed E-state index contributed by atoms with van der Waals surface area (Å²) in [5, 5.41) is 11.8. The molecule has 2 aromatic rings. The zero-order valence-electron chi connectivity index (χ0n) is 13.9. The van der Waals surface area contributed by atoms with Crippen LogP contribution < -0.4 is 10.1 Å². The lowest BCUT2D eigenvalue weighted by atomic mass is 10.0. The molecule has 2 N–H and O–H groups in total. The number of hydrogen-bond acceptors (Lipinski definition) is 3. The smallest absolute Gasteiger partial charge is 0.305 e. The summed E-state index contributed by atoms with van der Waals surface area (Å²) in [4.78, 5) is 23.3. The van der Waals surface area contributed by atoms with Gasteiger partial charge in [-0.05, 0) is 35.7 Å². The molecule has 2 rings (SSSR count). The molecule has 1 atom stereocenters. The van der Waals surface area contributed by atoms with Crippen LogP contribution >= 0.6 is 0 Å². The second-order valence-corrected chi connectivity index (χ2v) is 5.58. The Morgan fingerprint density at radius 1 is 1.16 bits per heavy atom. The molecule has 0 aromatic heterocycles. The normalized spacial score (nSPS) is 11.6. The van der Waals surface area contributed by atoms with Crippen LogP contribution in [0.3, 0.4) is 0 Å². The highest BCUT2D eigenvalue weighted by molar-refractivity contribution is 5.78.